The van der Waals surface area contributed by atoms with Crippen LogP contribution in [-0.4, -0.2) is 29.7 Å². The van der Waals surface area contributed by atoms with Gasteiger partial charge in [0.1, 0.15) is 19.3 Å². The number of benzene rings is 1. The molecule has 0 amide bonds. The molecule has 0 N–H and O–H groups in total. The average molecular weight is 742 g/mol. The van der Waals surface area contributed by atoms with Crippen molar-refractivity contribution in [2.75, 3.05) is 13.7 Å². The largest absolute Gasteiger partial charge is 1.00 e. The molecule has 4 saturated carbocycles. The van der Waals surface area contributed by atoms with Gasteiger partial charge in [0.05, 0.1) is 25.0 Å². The highest BCUT2D eigenvalue weighted by Crippen LogP contribution is 2.77. The van der Waals surface area contributed by atoms with Crippen molar-refractivity contribution in [2.45, 2.75) is 131 Å². The number of fused-ring (bicyclic) bond motifs is 6. The number of hydrogen-bond donors (Lipinski definition) is 0. The minimum absolute atomic E-state index is 0. The van der Waals surface area contributed by atoms with Gasteiger partial charge in [-0.3, -0.25) is 0 Å². The SMILES string of the molecule is COc1ccc(CC[n+]2nn(C)c3c2C(C)(C)[C@@H]2CC[C@]4(C)[C@H](CC[C@@H]5[C@H]6[C@H]7OC[C@@]6(CCC7(C)C)CC[C@]54C)[C@@]2(C)C3)cc1.[I-]. The Kier molecular flexibility index (Phi) is 7.74. The number of methoxy groups -OCH3 is 1. The van der Waals surface area contributed by atoms with E-state index in [0.29, 0.717) is 33.7 Å². The zero-order valence-corrected chi connectivity index (χ0v) is 32.4. The molecule has 6 aliphatic rings. The van der Waals surface area contributed by atoms with Gasteiger partial charge in [0.2, 0.25) is 0 Å². The molecule has 46 heavy (non-hydrogen) atoms. The van der Waals surface area contributed by atoms with Crippen molar-refractivity contribution in [3.63, 3.8) is 0 Å². The van der Waals surface area contributed by atoms with E-state index in [1.807, 2.05) is 0 Å². The number of halogens is 1. The highest BCUT2D eigenvalue weighted by Gasteiger charge is 2.73. The van der Waals surface area contributed by atoms with Crippen LogP contribution in [-0.2, 0) is 36.6 Å². The molecule has 1 aromatic carbocycles. The molecule has 9 atom stereocenters. The Morgan fingerprint density at radius 1 is 0.891 bits per heavy atom. The van der Waals surface area contributed by atoms with Crippen molar-refractivity contribution in [1.82, 2.24) is 9.90 Å². The topological polar surface area (TPSA) is 40.2 Å². The Morgan fingerprint density at radius 2 is 1.61 bits per heavy atom. The van der Waals surface area contributed by atoms with Gasteiger partial charge in [0, 0.05) is 18.3 Å². The molecule has 2 aromatic rings. The molecule has 2 heterocycles. The van der Waals surface area contributed by atoms with Crippen LogP contribution >= 0.6 is 0 Å². The first-order valence-corrected chi connectivity index (χ1v) is 18.4. The minimum atomic E-state index is 0. The smallest absolute Gasteiger partial charge is 0.176 e. The van der Waals surface area contributed by atoms with Crippen LogP contribution in [0.2, 0.25) is 0 Å². The number of aromatic nitrogens is 3. The highest BCUT2D eigenvalue weighted by molar-refractivity contribution is 5.30. The average Bonchev–Trinajstić information content (AvgIpc) is 3.50. The van der Waals surface area contributed by atoms with E-state index < -0.39 is 0 Å². The predicted molar refractivity (Wildman–Crippen MR) is 178 cm³/mol. The van der Waals surface area contributed by atoms with E-state index in [4.69, 9.17) is 14.7 Å². The number of hydrogen-bond acceptors (Lipinski definition) is 3. The summed E-state index contributed by atoms with van der Waals surface area (Å²) in [6, 6.07) is 8.57. The Labute approximate surface area is 296 Å². The molecule has 254 valence electrons. The first-order chi connectivity index (χ1) is 21.2. The number of ether oxygens (including phenoxy) is 2. The van der Waals surface area contributed by atoms with Gasteiger partial charge in [0.15, 0.2) is 11.4 Å². The molecule has 1 saturated heterocycles. The molecule has 0 spiro atoms. The summed E-state index contributed by atoms with van der Waals surface area (Å²) < 4.78 is 16.9. The third-order valence-electron chi connectivity index (χ3n) is 16.4. The summed E-state index contributed by atoms with van der Waals surface area (Å²) in [5, 5.41) is 5.20. The van der Waals surface area contributed by atoms with Gasteiger partial charge < -0.3 is 33.5 Å². The van der Waals surface area contributed by atoms with Crippen molar-refractivity contribution in [2.24, 2.45) is 57.8 Å². The number of aryl methyl sites for hydroxylation is 3. The van der Waals surface area contributed by atoms with Crippen LogP contribution in [0, 0.1) is 50.7 Å². The second-order valence-corrected chi connectivity index (χ2v) is 18.8. The summed E-state index contributed by atoms with van der Waals surface area (Å²) >= 11 is 0. The summed E-state index contributed by atoms with van der Waals surface area (Å²) in [4.78, 5) is 0. The third kappa shape index (κ3) is 4.25. The lowest BCUT2D eigenvalue weighted by Gasteiger charge is -2.72. The lowest BCUT2D eigenvalue weighted by molar-refractivity contribution is -0.764. The summed E-state index contributed by atoms with van der Waals surface area (Å²) in [6.45, 7) is 20.4. The van der Waals surface area contributed by atoms with Crippen molar-refractivity contribution in [1.29, 1.82) is 0 Å². The molecular formula is C40H60IN3O2. The van der Waals surface area contributed by atoms with E-state index in [-0.39, 0.29) is 34.8 Å². The van der Waals surface area contributed by atoms with E-state index in [0.717, 1.165) is 43.1 Å². The molecular weight excluding hydrogens is 681 g/mol. The fraction of sp³-hybridized carbons (Fsp3) is 0.800. The monoisotopic (exact) mass is 741 g/mol. The molecule has 5 aliphatic carbocycles. The maximum absolute atomic E-state index is 6.82. The molecule has 2 bridgehead atoms. The lowest BCUT2D eigenvalue weighted by atomic mass is 9.31. The fourth-order valence-electron chi connectivity index (χ4n) is 13.9. The zero-order chi connectivity index (χ0) is 31.8. The van der Waals surface area contributed by atoms with Gasteiger partial charge >= 0.3 is 0 Å². The Bertz CT molecular complexity index is 1500. The zero-order valence-electron chi connectivity index (χ0n) is 30.2. The molecule has 1 aliphatic heterocycles. The second-order valence-electron chi connectivity index (χ2n) is 18.8. The van der Waals surface area contributed by atoms with Gasteiger partial charge in [-0.1, -0.05) is 60.6 Å². The molecule has 8 rings (SSSR count). The number of rotatable bonds is 4. The standard InChI is InChI=1S/C40H60N3O2.HI/c1-35(2)19-21-40-22-20-38(6)28(32(40)34(35)45-25-40)14-15-31-37(5)24-29-33(36(3,4)30(37)16-18-39(31,38)7)43(41-42(29)8)23-17-26-10-12-27(44-9)13-11-26;/h10-13,28,30-32,34H,14-25H2,1-9H3;1H/q+1;/p-1/t28-,30+,31-,32+,34-,37+,38-,39-,40-;/m1./s1. The maximum Gasteiger partial charge on any atom is 0.176 e. The molecule has 5 fully saturated rings. The highest BCUT2D eigenvalue weighted by atomic mass is 127. The first-order valence-electron chi connectivity index (χ1n) is 18.4. The van der Waals surface area contributed by atoms with Gasteiger partial charge in [0.25, 0.3) is 0 Å². The van der Waals surface area contributed by atoms with Crippen molar-refractivity contribution in [3.8, 4) is 5.75 Å². The molecule has 6 heteroatoms. The Morgan fingerprint density at radius 3 is 2.33 bits per heavy atom. The van der Waals surface area contributed by atoms with Crippen LogP contribution in [0.4, 0.5) is 0 Å². The Hall–Kier alpha value is -1.15. The van der Waals surface area contributed by atoms with Gasteiger partial charge in [-0.05, 0) is 120 Å². The normalized spacial score (nSPS) is 42.8. The third-order valence-corrected chi connectivity index (χ3v) is 16.4. The maximum atomic E-state index is 6.82. The molecule has 0 radical (unpaired) electrons. The number of nitrogens with zero attached hydrogens (tertiary/aromatic N) is 3. The summed E-state index contributed by atoms with van der Waals surface area (Å²) in [7, 11) is 3.95. The van der Waals surface area contributed by atoms with Crippen LogP contribution in [0.5, 0.6) is 5.75 Å². The van der Waals surface area contributed by atoms with Gasteiger partial charge in [-0.2, -0.15) is 0 Å². The summed E-state index contributed by atoms with van der Waals surface area (Å²) in [6.07, 6.45) is 13.7. The quantitative estimate of drug-likeness (QED) is 0.332. The van der Waals surface area contributed by atoms with Crippen LogP contribution in [0.25, 0.3) is 0 Å². The lowest BCUT2D eigenvalue weighted by Crippen LogP contribution is -3.00. The van der Waals surface area contributed by atoms with Gasteiger partial charge in [-0.15, -0.1) is 9.36 Å². The van der Waals surface area contributed by atoms with Crippen LogP contribution in [0.1, 0.15) is 117 Å². The van der Waals surface area contributed by atoms with Crippen LogP contribution in [0.3, 0.4) is 0 Å². The summed E-state index contributed by atoms with van der Waals surface area (Å²) in [5.74, 6) is 3.92. The second kappa shape index (κ2) is 10.7. The van der Waals surface area contributed by atoms with Crippen molar-refractivity contribution < 1.29 is 38.1 Å². The predicted octanol–water partition coefficient (Wildman–Crippen LogP) is 4.87. The minimum Gasteiger partial charge on any atom is -1.00 e. The van der Waals surface area contributed by atoms with E-state index in [9.17, 15) is 0 Å². The van der Waals surface area contributed by atoms with E-state index >= 15 is 0 Å². The Balaban J connectivity index is 0.00000338. The fourth-order valence-corrected chi connectivity index (χ4v) is 13.9. The van der Waals surface area contributed by atoms with Crippen molar-refractivity contribution in [3.05, 3.63) is 41.2 Å². The van der Waals surface area contributed by atoms with Crippen molar-refractivity contribution >= 4 is 0 Å². The first kappa shape index (κ1) is 33.4. The molecule has 5 nitrogen and oxygen atoms in total. The summed E-state index contributed by atoms with van der Waals surface area (Å²) in [5.41, 5.74) is 6.26. The van der Waals surface area contributed by atoms with Crippen LogP contribution in [0.15, 0.2) is 24.3 Å². The molecule has 0 unspecified atom stereocenters. The van der Waals surface area contributed by atoms with Crippen LogP contribution < -0.4 is 33.4 Å². The van der Waals surface area contributed by atoms with Gasteiger partial charge in [-0.25, -0.2) is 0 Å². The van der Waals surface area contributed by atoms with E-state index in [1.165, 1.54) is 74.7 Å². The van der Waals surface area contributed by atoms with E-state index in [1.54, 1.807) is 7.11 Å². The molecule has 1 aromatic heterocycles. The van der Waals surface area contributed by atoms with E-state index in [2.05, 4.69) is 89.1 Å².